The number of rotatable bonds is 12. The first kappa shape index (κ1) is 21.7. The number of unbranched alkanes of at least 4 members (excludes halogenated alkanes) is 4. The highest BCUT2D eigenvalue weighted by molar-refractivity contribution is 5.17. The molecule has 0 spiro atoms. The molecular weight excluding hydrogens is 322 g/mol. The Kier molecular flexibility index (Phi) is 9.95. The molecule has 150 valence electrons. The van der Waals surface area contributed by atoms with Crippen LogP contribution in [0.3, 0.4) is 0 Å². The van der Waals surface area contributed by atoms with E-state index >= 15 is 0 Å². The monoisotopic (exact) mass is 363 g/mol. The molecule has 0 saturated heterocycles. The topological polar surface area (TPSA) is 52.5 Å². The zero-order valence-electron chi connectivity index (χ0n) is 17.0. The minimum atomic E-state index is -0.346. The van der Waals surface area contributed by atoms with Crippen LogP contribution in [0.1, 0.15) is 78.1 Å². The molecule has 0 aromatic heterocycles. The first-order valence-corrected chi connectivity index (χ1v) is 11.1. The molecule has 2 aliphatic rings. The van der Waals surface area contributed by atoms with E-state index in [4.69, 9.17) is 0 Å². The van der Waals surface area contributed by atoms with Crippen molar-refractivity contribution < 1.29 is 10.2 Å². The zero-order valence-corrected chi connectivity index (χ0v) is 17.0. The zero-order chi connectivity index (χ0) is 18.8. The summed E-state index contributed by atoms with van der Waals surface area (Å²) < 4.78 is 0. The normalized spacial score (nSPS) is 31.2. The Morgan fingerprint density at radius 1 is 1.15 bits per heavy atom. The van der Waals surface area contributed by atoms with Crippen molar-refractivity contribution in [3.05, 3.63) is 23.8 Å². The second kappa shape index (κ2) is 11.9. The van der Waals surface area contributed by atoms with Gasteiger partial charge in [-0.3, -0.25) is 0 Å². The van der Waals surface area contributed by atoms with E-state index in [9.17, 15) is 10.2 Å². The van der Waals surface area contributed by atoms with E-state index in [2.05, 4.69) is 31.3 Å². The highest BCUT2D eigenvalue weighted by Gasteiger charge is 2.44. The van der Waals surface area contributed by atoms with E-state index in [1.165, 1.54) is 38.5 Å². The Morgan fingerprint density at radius 3 is 2.77 bits per heavy atom. The molecule has 0 heterocycles. The summed E-state index contributed by atoms with van der Waals surface area (Å²) in [6, 6.07) is 0. The fraction of sp³-hybridized carbons (Fsp3) is 0.826. The predicted molar refractivity (Wildman–Crippen MR) is 110 cm³/mol. The van der Waals surface area contributed by atoms with Gasteiger partial charge in [0.1, 0.15) is 0 Å². The molecular formula is C23H41NO2. The summed E-state index contributed by atoms with van der Waals surface area (Å²) in [7, 11) is 0. The van der Waals surface area contributed by atoms with Gasteiger partial charge in [0.25, 0.3) is 0 Å². The van der Waals surface area contributed by atoms with Crippen molar-refractivity contribution in [3.63, 3.8) is 0 Å². The van der Waals surface area contributed by atoms with E-state index in [0.29, 0.717) is 11.8 Å². The minimum Gasteiger partial charge on any atom is -0.392 e. The molecule has 3 heteroatoms. The van der Waals surface area contributed by atoms with Crippen molar-refractivity contribution in [2.24, 2.45) is 17.8 Å². The highest BCUT2D eigenvalue weighted by atomic mass is 16.3. The van der Waals surface area contributed by atoms with Crippen LogP contribution in [0.4, 0.5) is 0 Å². The number of fused-ring (bicyclic) bond motifs is 1. The van der Waals surface area contributed by atoms with E-state index < -0.39 is 0 Å². The summed E-state index contributed by atoms with van der Waals surface area (Å²) in [5.74, 6) is 1.46. The Morgan fingerprint density at radius 2 is 2.00 bits per heavy atom. The predicted octanol–water partition coefficient (Wildman–Crippen LogP) is 4.60. The maximum Gasteiger partial charge on any atom is 0.0721 e. The maximum absolute atomic E-state index is 10.4. The van der Waals surface area contributed by atoms with Gasteiger partial charge in [-0.1, -0.05) is 56.9 Å². The Hall–Kier alpha value is -0.640. The number of hydrogen-bond donors (Lipinski definition) is 3. The lowest BCUT2D eigenvalue weighted by molar-refractivity contribution is 0.139. The van der Waals surface area contributed by atoms with E-state index in [1.54, 1.807) is 5.57 Å². The van der Waals surface area contributed by atoms with Crippen LogP contribution in [0.15, 0.2) is 23.8 Å². The van der Waals surface area contributed by atoms with Gasteiger partial charge in [-0.15, -0.1) is 0 Å². The molecule has 0 bridgehead atoms. The van der Waals surface area contributed by atoms with Gasteiger partial charge in [0.05, 0.1) is 12.2 Å². The van der Waals surface area contributed by atoms with Crippen molar-refractivity contribution in [2.75, 3.05) is 13.1 Å². The largest absolute Gasteiger partial charge is 0.392 e. The molecule has 2 fully saturated rings. The van der Waals surface area contributed by atoms with Crippen molar-refractivity contribution in [2.45, 2.75) is 90.3 Å². The number of aliphatic hydroxyl groups is 2. The average Bonchev–Trinajstić information content (AvgIpc) is 3.13. The molecule has 0 aromatic rings. The average molecular weight is 364 g/mol. The molecule has 2 aliphatic carbocycles. The van der Waals surface area contributed by atoms with Gasteiger partial charge in [-0.25, -0.2) is 0 Å². The second-order valence-corrected chi connectivity index (χ2v) is 8.37. The summed E-state index contributed by atoms with van der Waals surface area (Å²) in [5.41, 5.74) is 1.61. The highest BCUT2D eigenvalue weighted by Crippen LogP contribution is 2.50. The van der Waals surface area contributed by atoms with Gasteiger partial charge in [0.15, 0.2) is 0 Å². The lowest BCUT2D eigenvalue weighted by Gasteiger charge is -2.17. The molecule has 2 rings (SSSR count). The van der Waals surface area contributed by atoms with Crippen molar-refractivity contribution >= 4 is 0 Å². The van der Waals surface area contributed by atoms with Crippen LogP contribution in [-0.2, 0) is 0 Å². The van der Waals surface area contributed by atoms with Gasteiger partial charge in [0.2, 0.25) is 0 Å². The summed E-state index contributed by atoms with van der Waals surface area (Å²) in [6.07, 6.45) is 17.3. The second-order valence-electron chi connectivity index (χ2n) is 8.37. The van der Waals surface area contributed by atoms with Gasteiger partial charge in [-0.2, -0.15) is 0 Å². The maximum atomic E-state index is 10.4. The SMILES string of the molecule is CCCCC[C@H](O)/C=C/[C@@H]1[C@H]2C/C(=C/CCCCNCC)C[C@H]2C[C@H]1O. The van der Waals surface area contributed by atoms with Gasteiger partial charge in [0, 0.05) is 5.92 Å². The Balaban J connectivity index is 1.76. The lowest BCUT2D eigenvalue weighted by atomic mass is 9.90. The molecule has 3 N–H and O–H groups in total. The van der Waals surface area contributed by atoms with Crippen molar-refractivity contribution in [1.29, 1.82) is 0 Å². The first-order chi connectivity index (χ1) is 12.7. The molecule has 0 aliphatic heterocycles. The molecule has 0 aromatic carbocycles. The smallest absolute Gasteiger partial charge is 0.0721 e. The van der Waals surface area contributed by atoms with Crippen LogP contribution < -0.4 is 5.32 Å². The van der Waals surface area contributed by atoms with Gasteiger partial charge < -0.3 is 15.5 Å². The van der Waals surface area contributed by atoms with Gasteiger partial charge >= 0.3 is 0 Å². The number of allylic oxidation sites excluding steroid dienone is 2. The number of hydrogen-bond acceptors (Lipinski definition) is 3. The summed E-state index contributed by atoms with van der Waals surface area (Å²) in [6.45, 7) is 6.53. The van der Waals surface area contributed by atoms with Crippen LogP contribution in [0.25, 0.3) is 0 Å². The third-order valence-electron chi connectivity index (χ3n) is 6.26. The van der Waals surface area contributed by atoms with Crippen LogP contribution in [0.5, 0.6) is 0 Å². The fourth-order valence-electron chi connectivity index (χ4n) is 4.77. The Bertz CT molecular complexity index is 445. The molecule has 3 nitrogen and oxygen atoms in total. The fourth-order valence-corrected chi connectivity index (χ4v) is 4.77. The van der Waals surface area contributed by atoms with E-state index in [-0.39, 0.29) is 18.1 Å². The van der Waals surface area contributed by atoms with E-state index in [1.807, 2.05) is 6.08 Å². The lowest BCUT2D eigenvalue weighted by Crippen LogP contribution is -2.17. The summed E-state index contributed by atoms with van der Waals surface area (Å²) >= 11 is 0. The van der Waals surface area contributed by atoms with Crippen LogP contribution in [0.2, 0.25) is 0 Å². The van der Waals surface area contributed by atoms with Crippen molar-refractivity contribution in [3.8, 4) is 0 Å². The van der Waals surface area contributed by atoms with Crippen LogP contribution in [0, 0.1) is 17.8 Å². The summed E-state index contributed by atoms with van der Waals surface area (Å²) in [5, 5.41) is 24.0. The number of nitrogens with one attached hydrogen (secondary N) is 1. The third-order valence-corrected chi connectivity index (χ3v) is 6.26. The van der Waals surface area contributed by atoms with E-state index in [0.717, 1.165) is 38.8 Å². The van der Waals surface area contributed by atoms with Crippen LogP contribution >= 0.6 is 0 Å². The molecule has 0 radical (unpaired) electrons. The van der Waals surface area contributed by atoms with Crippen LogP contribution in [-0.4, -0.2) is 35.5 Å². The molecule has 5 atom stereocenters. The first-order valence-electron chi connectivity index (χ1n) is 11.1. The minimum absolute atomic E-state index is 0.217. The molecule has 2 saturated carbocycles. The molecule has 0 unspecified atom stereocenters. The van der Waals surface area contributed by atoms with Gasteiger partial charge in [-0.05, 0) is 69.9 Å². The van der Waals surface area contributed by atoms with Crippen molar-refractivity contribution in [1.82, 2.24) is 5.32 Å². The standard InChI is InChI=1S/C23H41NO2/c1-3-5-7-11-20(25)12-13-21-22-16-18(15-19(22)17-23(21)26)10-8-6-9-14-24-4-2/h10,12-13,19-26H,3-9,11,14-17H2,1-2H3/b13-12+,18-10+/t19-,20-,21+,22-,23+/m0/s1. The Labute approximate surface area is 161 Å². The number of aliphatic hydroxyl groups excluding tert-OH is 2. The quantitative estimate of drug-likeness (QED) is 0.351. The third kappa shape index (κ3) is 6.83. The molecule has 26 heavy (non-hydrogen) atoms. The summed E-state index contributed by atoms with van der Waals surface area (Å²) in [4.78, 5) is 0. The molecule has 0 amide bonds.